The Hall–Kier alpha value is -0.900. The Balaban J connectivity index is 0.00000288. The zero-order chi connectivity index (χ0) is 16.7. The third kappa shape index (κ3) is 6.19. The normalized spacial score (nSPS) is 17.7. The second kappa shape index (κ2) is 10.9. The van der Waals surface area contributed by atoms with Crippen LogP contribution in [0.1, 0.15) is 37.8 Å². The lowest BCUT2D eigenvalue weighted by molar-refractivity contribution is 0.181. The summed E-state index contributed by atoms with van der Waals surface area (Å²) in [6.45, 7) is 8.33. The van der Waals surface area contributed by atoms with Crippen molar-refractivity contribution in [1.82, 2.24) is 25.0 Å². The van der Waals surface area contributed by atoms with Crippen LogP contribution in [0.3, 0.4) is 0 Å². The summed E-state index contributed by atoms with van der Waals surface area (Å²) in [5.74, 6) is 3.32. The number of ether oxygens (including phenoxy) is 1. The van der Waals surface area contributed by atoms with Gasteiger partial charge in [0.05, 0.1) is 6.61 Å². The van der Waals surface area contributed by atoms with Crippen LogP contribution in [0.15, 0.2) is 4.99 Å². The number of aliphatic imine (C=N–C) groups is 1. The van der Waals surface area contributed by atoms with Gasteiger partial charge in [0.15, 0.2) is 11.8 Å². The maximum absolute atomic E-state index is 5.48. The topological polar surface area (TPSA) is 67.6 Å². The largest absolute Gasteiger partial charge is 0.381 e. The number of rotatable bonds is 7. The van der Waals surface area contributed by atoms with Gasteiger partial charge in [-0.1, -0.05) is 13.3 Å². The third-order valence-corrected chi connectivity index (χ3v) is 4.28. The molecule has 1 unspecified atom stereocenters. The minimum Gasteiger partial charge on any atom is -0.381 e. The molecule has 1 atom stereocenters. The van der Waals surface area contributed by atoms with E-state index in [4.69, 9.17) is 9.73 Å². The molecule has 0 aromatic carbocycles. The van der Waals surface area contributed by atoms with E-state index < -0.39 is 0 Å². The highest BCUT2D eigenvalue weighted by molar-refractivity contribution is 14.0. The Bertz CT molecular complexity index is 513. The molecule has 8 heteroatoms. The van der Waals surface area contributed by atoms with Gasteiger partial charge in [0, 0.05) is 39.7 Å². The van der Waals surface area contributed by atoms with E-state index in [1.54, 1.807) is 0 Å². The first-order valence-electron chi connectivity index (χ1n) is 8.53. The smallest absolute Gasteiger partial charge is 0.194 e. The summed E-state index contributed by atoms with van der Waals surface area (Å²) in [4.78, 5) is 6.96. The van der Waals surface area contributed by atoms with Crippen LogP contribution in [0.4, 0.5) is 0 Å². The van der Waals surface area contributed by atoms with Crippen LogP contribution in [0, 0.1) is 12.8 Å². The fourth-order valence-electron chi connectivity index (χ4n) is 2.62. The Morgan fingerprint density at radius 3 is 2.83 bits per heavy atom. The maximum Gasteiger partial charge on any atom is 0.194 e. The highest BCUT2D eigenvalue weighted by Crippen LogP contribution is 2.13. The van der Waals surface area contributed by atoms with E-state index in [1.165, 1.54) is 6.42 Å². The van der Waals surface area contributed by atoms with Gasteiger partial charge in [-0.2, -0.15) is 0 Å². The summed E-state index contributed by atoms with van der Waals surface area (Å²) in [6, 6.07) is 0. The van der Waals surface area contributed by atoms with Crippen molar-refractivity contribution in [3.8, 4) is 0 Å². The first-order valence-corrected chi connectivity index (χ1v) is 8.53. The van der Waals surface area contributed by atoms with Gasteiger partial charge in [0.25, 0.3) is 0 Å². The Morgan fingerprint density at radius 2 is 2.25 bits per heavy atom. The summed E-state index contributed by atoms with van der Waals surface area (Å²) in [5, 5.41) is 11.7. The lowest BCUT2D eigenvalue weighted by Crippen LogP contribution is -2.42. The summed E-state index contributed by atoms with van der Waals surface area (Å²) >= 11 is 0. The highest BCUT2D eigenvalue weighted by Gasteiger charge is 2.19. The molecular weight excluding hydrogens is 419 g/mol. The molecule has 1 aliphatic heterocycles. The van der Waals surface area contributed by atoms with Crippen molar-refractivity contribution < 1.29 is 4.74 Å². The van der Waals surface area contributed by atoms with Crippen molar-refractivity contribution in [1.29, 1.82) is 0 Å². The molecule has 0 radical (unpaired) electrons. The van der Waals surface area contributed by atoms with Crippen molar-refractivity contribution in [2.75, 3.05) is 33.4 Å². The molecule has 1 N–H and O–H groups in total. The van der Waals surface area contributed by atoms with Crippen LogP contribution in [0.2, 0.25) is 0 Å². The van der Waals surface area contributed by atoms with Gasteiger partial charge >= 0.3 is 0 Å². The quantitative estimate of drug-likeness (QED) is 0.298. The number of hydrogen-bond acceptors (Lipinski definition) is 4. The second-order valence-electron chi connectivity index (χ2n) is 6.25. The fourth-order valence-corrected chi connectivity index (χ4v) is 2.62. The SMILES string of the molecule is CCCCNC(=NCc1nnc(C)n1C)N(C)CC1CCOC1.I. The van der Waals surface area contributed by atoms with E-state index in [1.807, 2.05) is 18.5 Å². The number of hydrogen-bond donors (Lipinski definition) is 1. The van der Waals surface area contributed by atoms with E-state index in [9.17, 15) is 0 Å². The molecule has 1 aromatic heterocycles. The van der Waals surface area contributed by atoms with Gasteiger partial charge in [0.2, 0.25) is 0 Å². The molecule has 2 rings (SSSR count). The Kier molecular flexibility index (Phi) is 9.57. The van der Waals surface area contributed by atoms with Gasteiger partial charge in [-0.3, -0.25) is 0 Å². The van der Waals surface area contributed by atoms with Crippen molar-refractivity contribution in [3.05, 3.63) is 11.6 Å². The minimum atomic E-state index is 0. The van der Waals surface area contributed by atoms with Crippen molar-refractivity contribution in [2.24, 2.45) is 18.0 Å². The molecule has 0 spiro atoms. The number of nitrogens with zero attached hydrogens (tertiary/aromatic N) is 5. The first-order chi connectivity index (χ1) is 11.1. The standard InChI is InChI=1S/C16H30N6O.HI/c1-5-6-8-17-16(21(3)11-14-7-9-23-12-14)18-10-15-20-19-13(2)22(15)4;/h14H,5-12H2,1-4H3,(H,17,18);1H. The Labute approximate surface area is 162 Å². The van der Waals surface area contributed by atoms with E-state index in [2.05, 4.69) is 34.4 Å². The van der Waals surface area contributed by atoms with Crippen molar-refractivity contribution in [3.63, 3.8) is 0 Å². The number of guanidine groups is 1. The number of nitrogens with one attached hydrogen (secondary N) is 1. The maximum atomic E-state index is 5.48. The van der Waals surface area contributed by atoms with E-state index in [-0.39, 0.29) is 24.0 Å². The number of aromatic nitrogens is 3. The van der Waals surface area contributed by atoms with Crippen molar-refractivity contribution in [2.45, 2.75) is 39.7 Å². The lowest BCUT2D eigenvalue weighted by Gasteiger charge is -2.24. The molecule has 2 heterocycles. The van der Waals surface area contributed by atoms with E-state index in [0.29, 0.717) is 12.5 Å². The third-order valence-electron chi connectivity index (χ3n) is 4.28. The summed E-state index contributed by atoms with van der Waals surface area (Å²) in [5.41, 5.74) is 0. The van der Waals surface area contributed by atoms with Crippen LogP contribution in [0.25, 0.3) is 0 Å². The minimum absolute atomic E-state index is 0. The molecule has 138 valence electrons. The molecule has 0 bridgehead atoms. The van der Waals surface area contributed by atoms with Gasteiger partial charge < -0.3 is 19.5 Å². The fraction of sp³-hybridized carbons (Fsp3) is 0.812. The average Bonchev–Trinajstić information content (AvgIpc) is 3.15. The first kappa shape index (κ1) is 21.1. The van der Waals surface area contributed by atoms with Crippen molar-refractivity contribution >= 4 is 29.9 Å². The predicted octanol–water partition coefficient (Wildman–Crippen LogP) is 1.96. The van der Waals surface area contributed by atoms with Gasteiger partial charge in [-0.25, -0.2) is 4.99 Å². The zero-order valence-electron chi connectivity index (χ0n) is 15.3. The highest BCUT2D eigenvalue weighted by atomic mass is 127. The van der Waals surface area contributed by atoms with Gasteiger partial charge in [-0.15, -0.1) is 34.2 Å². The summed E-state index contributed by atoms with van der Waals surface area (Å²) < 4.78 is 7.46. The molecule has 0 aliphatic carbocycles. The molecule has 0 amide bonds. The molecule has 0 saturated carbocycles. The van der Waals surface area contributed by atoms with Crippen LogP contribution in [-0.2, 0) is 18.3 Å². The number of halogens is 1. The summed E-state index contributed by atoms with van der Waals surface area (Å²) in [6.07, 6.45) is 3.44. The van der Waals surface area contributed by atoms with Crippen LogP contribution < -0.4 is 5.32 Å². The van der Waals surface area contributed by atoms with Crippen LogP contribution >= 0.6 is 24.0 Å². The second-order valence-corrected chi connectivity index (χ2v) is 6.25. The molecule has 1 saturated heterocycles. The monoisotopic (exact) mass is 450 g/mol. The number of aryl methyl sites for hydroxylation is 1. The predicted molar refractivity (Wildman–Crippen MR) is 107 cm³/mol. The molecule has 1 fully saturated rings. The van der Waals surface area contributed by atoms with Crippen LogP contribution in [-0.4, -0.2) is 59.0 Å². The Morgan fingerprint density at radius 1 is 1.46 bits per heavy atom. The van der Waals surface area contributed by atoms with E-state index >= 15 is 0 Å². The molecule has 7 nitrogen and oxygen atoms in total. The number of unbranched alkanes of at least 4 members (excludes halogenated alkanes) is 1. The van der Waals surface area contributed by atoms with Crippen LogP contribution in [0.5, 0.6) is 0 Å². The zero-order valence-corrected chi connectivity index (χ0v) is 17.6. The lowest BCUT2D eigenvalue weighted by atomic mass is 10.1. The molecule has 1 aliphatic rings. The summed E-state index contributed by atoms with van der Waals surface area (Å²) in [7, 11) is 4.07. The molecule has 24 heavy (non-hydrogen) atoms. The average molecular weight is 450 g/mol. The van der Waals surface area contributed by atoms with Gasteiger partial charge in [-0.05, 0) is 19.8 Å². The van der Waals surface area contributed by atoms with Gasteiger partial charge in [0.1, 0.15) is 12.4 Å². The van der Waals surface area contributed by atoms with E-state index in [0.717, 1.165) is 56.8 Å². The molecule has 1 aromatic rings. The molecular formula is C16H31IN6O.